The molecule has 1 N–H and O–H groups in total. The van der Waals surface area contributed by atoms with Gasteiger partial charge in [-0.15, -0.1) is 6.42 Å². The molecule has 0 fully saturated rings. The van der Waals surface area contributed by atoms with Gasteiger partial charge in [0.15, 0.2) is 5.65 Å². The summed E-state index contributed by atoms with van der Waals surface area (Å²) < 4.78 is 11.1. The van der Waals surface area contributed by atoms with Crippen LogP contribution in [0.15, 0.2) is 36.5 Å². The maximum Gasteiger partial charge on any atom is 0.178 e. The van der Waals surface area contributed by atoms with Gasteiger partial charge in [0.1, 0.15) is 23.9 Å². The van der Waals surface area contributed by atoms with E-state index in [-0.39, 0.29) is 6.61 Å². The number of pyridine rings is 1. The van der Waals surface area contributed by atoms with E-state index < -0.39 is 0 Å². The molecule has 0 aliphatic rings. The van der Waals surface area contributed by atoms with Crippen LogP contribution >= 0.6 is 0 Å². The van der Waals surface area contributed by atoms with Crippen molar-refractivity contribution < 1.29 is 9.47 Å². The summed E-state index contributed by atoms with van der Waals surface area (Å²) in [5.41, 5.74) is 2.35. The van der Waals surface area contributed by atoms with E-state index in [9.17, 15) is 0 Å². The molecular weight excluding hydrogens is 278 g/mol. The van der Waals surface area contributed by atoms with Crippen molar-refractivity contribution in [2.24, 2.45) is 0 Å². The van der Waals surface area contributed by atoms with E-state index in [1.807, 2.05) is 37.3 Å². The van der Waals surface area contributed by atoms with E-state index in [0.29, 0.717) is 23.8 Å². The maximum absolute atomic E-state index is 5.67. The summed E-state index contributed by atoms with van der Waals surface area (Å²) in [5.74, 6) is 4.54. The number of imidazole rings is 1. The predicted molar refractivity (Wildman–Crippen MR) is 84.8 cm³/mol. The zero-order chi connectivity index (χ0) is 15.4. The molecule has 3 rings (SSSR count). The lowest BCUT2D eigenvalue weighted by molar-refractivity contribution is 0.338. The molecule has 0 radical (unpaired) electrons. The second kappa shape index (κ2) is 6.19. The first-order chi connectivity index (χ1) is 10.8. The molecule has 3 aromatic rings. The summed E-state index contributed by atoms with van der Waals surface area (Å²) in [6.07, 6.45) is 6.94. The number of aromatic amines is 1. The molecule has 0 saturated carbocycles. The Morgan fingerprint density at radius 1 is 1.27 bits per heavy atom. The van der Waals surface area contributed by atoms with Crippen molar-refractivity contribution >= 4 is 11.2 Å². The van der Waals surface area contributed by atoms with Crippen LogP contribution in [0.5, 0.6) is 11.5 Å². The van der Waals surface area contributed by atoms with E-state index in [4.69, 9.17) is 15.9 Å². The van der Waals surface area contributed by atoms with Crippen LogP contribution in [0.3, 0.4) is 0 Å². The van der Waals surface area contributed by atoms with Crippen LogP contribution in [0.2, 0.25) is 0 Å². The molecule has 110 valence electrons. The highest BCUT2D eigenvalue weighted by Crippen LogP contribution is 2.32. The highest BCUT2D eigenvalue weighted by Gasteiger charge is 2.13. The second-order valence-corrected chi connectivity index (χ2v) is 4.54. The number of hydrogen-bond donors (Lipinski definition) is 1. The van der Waals surface area contributed by atoms with Gasteiger partial charge in [0.2, 0.25) is 0 Å². The molecule has 2 aromatic heterocycles. The monoisotopic (exact) mass is 293 g/mol. The molecule has 0 unspecified atom stereocenters. The normalized spacial score (nSPS) is 10.4. The van der Waals surface area contributed by atoms with Crippen LogP contribution in [0, 0.1) is 12.3 Å². The second-order valence-electron chi connectivity index (χ2n) is 4.54. The van der Waals surface area contributed by atoms with Gasteiger partial charge in [0.25, 0.3) is 0 Å². The van der Waals surface area contributed by atoms with Gasteiger partial charge < -0.3 is 14.5 Å². The molecule has 0 bridgehead atoms. The van der Waals surface area contributed by atoms with Gasteiger partial charge in [-0.3, -0.25) is 0 Å². The Balaban J connectivity index is 2.07. The summed E-state index contributed by atoms with van der Waals surface area (Å²) in [6.45, 7) is 2.72. The number of hydrogen-bond acceptors (Lipinski definition) is 4. The van der Waals surface area contributed by atoms with Gasteiger partial charge in [0, 0.05) is 6.20 Å². The first kappa shape index (κ1) is 14.0. The summed E-state index contributed by atoms with van der Waals surface area (Å²) in [6, 6.07) is 9.33. The highest BCUT2D eigenvalue weighted by atomic mass is 16.5. The van der Waals surface area contributed by atoms with E-state index in [1.165, 1.54) is 0 Å². The lowest BCUT2D eigenvalue weighted by Gasteiger charge is -2.10. The van der Waals surface area contributed by atoms with Crippen molar-refractivity contribution in [2.45, 2.75) is 6.92 Å². The number of nitrogens with zero attached hydrogens (tertiary/aromatic N) is 2. The average Bonchev–Trinajstić information content (AvgIpc) is 2.98. The Morgan fingerprint density at radius 3 is 2.95 bits per heavy atom. The van der Waals surface area contributed by atoms with E-state index in [1.54, 1.807) is 6.20 Å². The Hall–Kier alpha value is -3.00. The van der Waals surface area contributed by atoms with Crippen molar-refractivity contribution in [3.05, 3.63) is 36.5 Å². The third kappa shape index (κ3) is 2.72. The summed E-state index contributed by atoms with van der Waals surface area (Å²) in [7, 11) is 0. The van der Waals surface area contributed by atoms with Crippen LogP contribution in [0.4, 0.5) is 0 Å². The number of benzene rings is 1. The summed E-state index contributed by atoms with van der Waals surface area (Å²) in [4.78, 5) is 12.0. The quantitative estimate of drug-likeness (QED) is 0.735. The van der Waals surface area contributed by atoms with Gasteiger partial charge in [-0.05, 0) is 37.3 Å². The Kier molecular flexibility index (Phi) is 3.92. The maximum atomic E-state index is 5.67. The average molecular weight is 293 g/mol. The van der Waals surface area contributed by atoms with Crippen LogP contribution in [-0.2, 0) is 0 Å². The zero-order valence-electron chi connectivity index (χ0n) is 12.2. The standard InChI is InChI=1S/C17H15N3O2/c1-3-10-22-12-7-8-15(21-4-2)13(11-12)16-19-14-6-5-9-18-17(14)20-16/h1,5-9,11H,4,10H2,2H3,(H,18,19,20). The minimum absolute atomic E-state index is 0.217. The van der Waals surface area contributed by atoms with Gasteiger partial charge in [-0.2, -0.15) is 0 Å². The van der Waals surface area contributed by atoms with E-state index >= 15 is 0 Å². The smallest absolute Gasteiger partial charge is 0.178 e. The third-order valence-corrected chi connectivity index (χ3v) is 3.09. The molecule has 0 aliphatic carbocycles. The Morgan fingerprint density at radius 2 is 2.18 bits per heavy atom. The number of terminal acetylenes is 1. The largest absolute Gasteiger partial charge is 0.493 e. The van der Waals surface area contributed by atoms with Gasteiger partial charge in [-0.1, -0.05) is 5.92 Å². The van der Waals surface area contributed by atoms with Crippen molar-refractivity contribution in [3.63, 3.8) is 0 Å². The first-order valence-electron chi connectivity index (χ1n) is 6.96. The van der Waals surface area contributed by atoms with Crippen LogP contribution in [0.1, 0.15) is 6.92 Å². The fourth-order valence-corrected chi connectivity index (χ4v) is 2.16. The van der Waals surface area contributed by atoms with Crippen molar-refractivity contribution in [1.29, 1.82) is 0 Å². The summed E-state index contributed by atoms with van der Waals surface area (Å²) >= 11 is 0. The van der Waals surface area contributed by atoms with Gasteiger partial charge in [0.05, 0.1) is 17.7 Å². The molecule has 5 heteroatoms. The van der Waals surface area contributed by atoms with Crippen molar-refractivity contribution in [3.8, 4) is 35.2 Å². The molecule has 2 heterocycles. The molecule has 1 aromatic carbocycles. The molecular formula is C17H15N3O2. The molecule has 0 amide bonds. The fourth-order valence-electron chi connectivity index (χ4n) is 2.16. The lowest BCUT2D eigenvalue weighted by Crippen LogP contribution is -1.98. The molecule has 22 heavy (non-hydrogen) atoms. The van der Waals surface area contributed by atoms with E-state index in [2.05, 4.69) is 20.9 Å². The van der Waals surface area contributed by atoms with Crippen LogP contribution < -0.4 is 9.47 Å². The van der Waals surface area contributed by atoms with Crippen molar-refractivity contribution in [1.82, 2.24) is 15.0 Å². The van der Waals surface area contributed by atoms with Gasteiger partial charge in [-0.25, -0.2) is 9.97 Å². The first-order valence-corrected chi connectivity index (χ1v) is 6.96. The predicted octanol–water partition coefficient (Wildman–Crippen LogP) is 3.04. The fraction of sp³-hybridized carbons (Fsp3) is 0.176. The van der Waals surface area contributed by atoms with Crippen molar-refractivity contribution in [2.75, 3.05) is 13.2 Å². The topological polar surface area (TPSA) is 60.0 Å². The number of fused-ring (bicyclic) bond motifs is 1. The number of aromatic nitrogens is 3. The number of H-pyrrole nitrogens is 1. The highest BCUT2D eigenvalue weighted by molar-refractivity contribution is 5.78. The summed E-state index contributed by atoms with van der Waals surface area (Å²) in [5, 5.41) is 0. The number of nitrogens with one attached hydrogen (secondary N) is 1. The minimum Gasteiger partial charge on any atom is -0.493 e. The third-order valence-electron chi connectivity index (χ3n) is 3.09. The number of ether oxygens (including phenoxy) is 2. The molecule has 0 aliphatic heterocycles. The Labute approximate surface area is 128 Å². The van der Waals surface area contributed by atoms with Gasteiger partial charge >= 0.3 is 0 Å². The van der Waals surface area contributed by atoms with E-state index in [0.717, 1.165) is 16.8 Å². The Bertz CT molecular complexity index is 800. The van der Waals surface area contributed by atoms with Crippen LogP contribution in [-0.4, -0.2) is 28.2 Å². The van der Waals surface area contributed by atoms with Crippen LogP contribution in [0.25, 0.3) is 22.6 Å². The number of rotatable bonds is 5. The zero-order valence-corrected chi connectivity index (χ0v) is 12.2. The molecule has 0 spiro atoms. The minimum atomic E-state index is 0.217. The molecule has 0 saturated heterocycles. The lowest BCUT2D eigenvalue weighted by atomic mass is 10.2. The SMILES string of the molecule is C#CCOc1ccc(OCC)c(-c2nc3ncccc3[nH]2)c1. The molecule has 0 atom stereocenters. The molecule has 5 nitrogen and oxygen atoms in total.